The van der Waals surface area contributed by atoms with Gasteiger partial charge in [0.15, 0.2) is 5.13 Å². The molecule has 0 aromatic carbocycles. The molecule has 0 spiro atoms. The van der Waals surface area contributed by atoms with Crippen LogP contribution in [0.25, 0.3) is 0 Å². The first-order valence-corrected chi connectivity index (χ1v) is 7.71. The molecule has 0 saturated carbocycles. The number of thiazole rings is 1. The Morgan fingerprint density at radius 2 is 1.94 bits per heavy atom. The molecule has 0 aliphatic heterocycles. The van der Waals surface area contributed by atoms with E-state index >= 15 is 0 Å². The maximum atomic E-state index is 4.81. The summed E-state index contributed by atoms with van der Waals surface area (Å²) < 4.78 is 0. The van der Waals surface area contributed by atoms with Gasteiger partial charge in [0.05, 0.1) is 5.69 Å². The Labute approximate surface area is 116 Å². The van der Waals surface area contributed by atoms with Crippen molar-refractivity contribution in [3.8, 4) is 0 Å². The summed E-state index contributed by atoms with van der Waals surface area (Å²) in [7, 11) is 2.13. The molecule has 18 heavy (non-hydrogen) atoms. The largest absolute Gasteiger partial charge is 0.351 e. The van der Waals surface area contributed by atoms with Gasteiger partial charge in [-0.1, -0.05) is 34.6 Å². The zero-order valence-electron chi connectivity index (χ0n) is 12.6. The van der Waals surface area contributed by atoms with Crippen LogP contribution in [-0.2, 0) is 6.54 Å². The van der Waals surface area contributed by atoms with E-state index in [9.17, 15) is 0 Å². The number of anilines is 1. The smallest absolute Gasteiger partial charge is 0.185 e. The fourth-order valence-corrected chi connectivity index (χ4v) is 2.97. The number of rotatable bonds is 7. The van der Waals surface area contributed by atoms with Gasteiger partial charge < -0.3 is 10.2 Å². The normalized spacial score (nSPS) is 11.6. The standard InChI is InChI=1S/C14H27N3S/c1-7-8-17(6)14-16-13(10(2)3)12(18-14)9-15-11(4)5/h10-11,15H,7-9H2,1-6H3. The van der Waals surface area contributed by atoms with Crippen molar-refractivity contribution < 1.29 is 0 Å². The van der Waals surface area contributed by atoms with E-state index in [-0.39, 0.29) is 0 Å². The number of hydrogen-bond acceptors (Lipinski definition) is 4. The third-order valence-electron chi connectivity index (χ3n) is 2.82. The lowest BCUT2D eigenvalue weighted by Crippen LogP contribution is -2.22. The lowest BCUT2D eigenvalue weighted by atomic mass is 10.1. The van der Waals surface area contributed by atoms with E-state index in [1.54, 1.807) is 0 Å². The highest BCUT2D eigenvalue weighted by atomic mass is 32.1. The highest BCUT2D eigenvalue weighted by Gasteiger charge is 2.16. The first-order valence-electron chi connectivity index (χ1n) is 6.89. The van der Waals surface area contributed by atoms with Crippen molar-refractivity contribution >= 4 is 16.5 Å². The minimum absolute atomic E-state index is 0.494. The van der Waals surface area contributed by atoms with E-state index < -0.39 is 0 Å². The first-order chi connectivity index (χ1) is 8.45. The SMILES string of the molecule is CCCN(C)c1nc(C(C)C)c(CNC(C)C)s1. The third-order valence-corrected chi connectivity index (χ3v) is 4.00. The molecule has 1 rings (SSSR count). The molecule has 0 aliphatic rings. The maximum absolute atomic E-state index is 4.81. The van der Waals surface area contributed by atoms with Gasteiger partial charge in [-0.3, -0.25) is 0 Å². The van der Waals surface area contributed by atoms with Crippen molar-refractivity contribution in [3.05, 3.63) is 10.6 Å². The van der Waals surface area contributed by atoms with Gasteiger partial charge in [0.1, 0.15) is 0 Å². The van der Waals surface area contributed by atoms with Gasteiger partial charge in [-0.2, -0.15) is 0 Å². The Bertz CT molecular complexity index is 358. The summed E-state index contributed by atoms with van der Waals surface area (Å²) in [5.74, 6) is 0.494. The highest BCUT2D eigenvalue weighted by Crippen LogP contribution is 2.30. The monoisotopic (exact) mass is 269 g/mol. The molecule has 0 aliphatic carbocycles. The fraction of sp³-hybridized carbons (Fsp3) is 0.786. The van der Waals surface area contributed by atoms with Gasteiger partial charge in [-0.15, -0.1) is 11.3 Å². The Morgan fingerprint density at radius 1 is 1.28 bits per heavy atom. The van der Waals surface area contributed by atoms with Gasteiger partial charge >= 0.3 is 0 Å². The van der Waals surface area contributed by atoms with E-state index in [0.717, 1.165) is 24.6 Å². The van der Waals surface area contributed by atoms with E-state index in [1.807, 2.05) is 11.3 Å². The fourth-order valence-electron chi connectivity index (χ4n) is 1.82. The molecule has 0 amide bonds. The Morgan fingerprint density at radius 3 is 2.44 bits per heavy atom. The summed E-state index contributed by atoms with van der Waals surface area (Å²) in [4.78, 5) is 8.46. The van der Waals surface area contributed by atoms with Gasteiger partial charge in [-0.05, 0) is 12.3 Å². The second-order valence-corrected chi connectivity index (χ2v) is 6.48. The summed E-state index contributed by atoms with van der Waals surface area (Å²) in [6.07, 6.45) is 1.16. The lowest BCUT2D eigenvalue weighted by Gasteiger charge is -2.13. The number of hydrogen-bond donors (Lipinski definition) is 1. The van der Waals surface area contributed by atoms with Crippen molar-refractivity contribution in [2.24, 2.45) is 0 Å². The van der Waals surface area contributed by atoms with Gasteiger partial charge in [0.2, 0.25) is 0 Å². The molecule has 3 nitrogen and oxygen atoms in total. The second-order valence-electron chi connectivity index (χ2n) is 5.42. The van der Waals surface area contributed by atoms with E-state index in [0.29, 0.717) is 12.0 Å². The molecule has 0 saturated heterocycles. The van der Waals surface area contributed by atoms with Gasteiger partial charge in [-0.25, -0.2) is 4.98 Å². The van der Waals surface area contributed by atoms with Crippen molar-refractivity contribution in [2.75, 3.05) is 18.5 Å². The van der Waals surface area contributed by atoms with Crippen LogP contribution in [0.1, 0.15) is 57.5 Å². The van der Waals surface area contributed by atoms with E-state index in [1.165, 1.54) is 10.6 Å². The van der Waals surface area contributed by atoms with Crippen LogP contribution < -0.4 is 10.2 Å². The Balaban J connectivity index is 2.86. The molecule has 0 bridgehead atoms. The number of nitrogens with zero attached hydrogens (tertiary/aromatic N) is 2. The van der Waals surface area contributed by atoms with Crippen molar-refractivity contribution in [1.82, 2.24) is 10.3 Å². The second kappa shape index (κ2) is 7.10. The van der Waals surface area contributed by atoms with E-state index in [4.69, 9.17) is 4.98 Å². The zero-order chi connectivity index (χ0) is 13.7. The van der Waals surface area contributed by atoms with Crippen LogP contribution in [0.5, 0.6) is 0 Å². The van der Waals surface area contributed by atoms with Crippen LogP contribution in [0.2, 0.25) is 0 Å². The summed E-state index contributed by atoms with van der Waals surface area (Å²) in [6, 6.07) is 0.518. The molecular formula is C14H27N3S. The molecule has 0 atom stereocenters. The van der Waals surface area contributed by atoms with Crippen LogP contribution in [0, 0.1) is 0 Å². The van der Waals surface area contributed by atoms with Crippen LogP contribution in [-0.4, -0.2) is 24.6 Å². The highest BCUT2D eigenvalue weighted by molar-refractivity contribution is 7.15. The molecule has 1 N–H and O–H groups in total. The molecule has 104 valence electrons. The molecule has 0 fully saturated rings. The minimum atomic E-state index is 0.494. The molecule has 4 heteroatoms. The molecular weight excluding hydrogens is 242 g/mol. The average Bonchev–Trinajstić information content (AvgIpc) is 2.70. The first kappa shape index (κ1) is 15.4. The van der Waals surface area contributed by atoms with Crippen molar-refractivity contribution in [3.63, 3.8) is 0 Å². The Kier molecular flexibility index (Phi) is 6.09. The van der Waals surface area contributed by atoms with Gasteiger partial charge in [0, 0.05) is 31.1 Å². The molecule has 0 radical (unpaired) electrons. The van der Waals surface area contributed by atoms with Crippen LogP contribution in [0.15, 0.2) is 0 Å². The molecule has 1 aromatic heterocycles. The van der Waals surface area contributed by atoms with E-state index in [2.05, 4.69) is 51.9 Å². The van der Waals surface area contributed by atoms with Crippen LogP contribution in [0.3, 0.4) is 0 Å². The molecule has 1 aromatic rings. The maximum Gasteiger partial charge on any atom is 0.185 e. The quantitative estimate of drug-likeness (QED) is 0.819. The summed E-state index contributed by atoms with van der Waals surface area (Å²) in [5.41, 5.74) is 1.26. The average molecular weight is 269 g/mol. The third kappa shape index (κ3) is 4.25. The lowest BCUT2D eigenvalue weighted by molar-refractivity contribution is 0.588. The number of aromatic nitrogens is 1. The predicted octanol–water partition coefficient (Wildman–Crippen LogP) is 3.61. The zero-order valence-corrected chi connectivity index (χ0v) is 13.4. The summed E-state index contributed by atoms with van der Waals surface area (Å²) >= 11 is 1.83. The molecule has 1 heterocycles. The minimum Gasteiger partial charge on any atom is -0.351 e. The predicted molar refractivity (Wildman–Crippen MR) is 81.7 cm³/mol. The number of nitrogens with one attached hydrogen (secondary N) is 1. The molecule has 0 unspecified atom stereocenters. The topological polar surface area (TPSA) is 28.2 Å². The van der Waals surface area contributed by atoms with Crippen molar-refractivity contribution in [2.45, 2.75) is 59.5 Å². The van der Waals surface area contributed by atoms with Gasteiger partial charge in [0.25, 0.3) is 0 Å². The summed E-state index contributed by atoms with van der Waals surface area (Å²) in [5, 5.41) is 4.65. The van der Waals surface area contributed by atoms with Crippen LogP contribution >= 0.6 is 11.3 Å². The summed E-state index contributed by atoms with van der Waals surface area (Å²) in [6.45, 7) is 13.0. The van der Waals surface area contributed by atoms with Crippen molar-refractivity contribution in [1.29, 1.82) is 0 Å². The van der Waals surface area contributed by atoms with Crippen LogP contribution in [0.4, 0.5) is 5.13 Å². The Hall–Kier alpha value is -0.610.